The van der Waals surface area contributed by atoms with Crippen molar-refractivity contribution in [3.63, 3.8) is 0 Å². The van der Waals surface area contributed by atoms with Gasteiger partial charge in [0, 0.05) is 24.1 Å². The van der Waals surface area contributed by atoms with Crippen LogP contribution >= 0.6 is 23.1 Å². The maximum absolute atomic E-state index is 12.4. The molecule has 1 aliphatic heterocycles. The van der Waals surface area contributed by atoms with Crippen LogP contribution in [0.15, 0.2) is 41.7 Å². The number of hydrogen-bond donors (Lipinski definition) is 1. The quantitative estimate of drug-likeness (QED) is 0.319. The van der Waals surface area contributed by atoms with E-state index in [1.54, 1.807) is 17.7 Å². The minimum Gasteiger partial charge on any atom is -0.376 e. The molecule has 6 nitrogen and oxygen atoms in total. The number of amides is 1. The Morgan fingerprint density at radius 3 is 2.88 bits per heavy atom. The number of pyridine rings is 1. The predicted molar refractivity (Wildman–Crippen MR) is 133 cm³/mol. The number of rotatable bonds is 6. The summed E-state index contributed by atoms with van der Waals surface area (Å²) in [5.41, 5.74) is 5.97. The van der Waals surface area contributed by atoms with Gasteiger partial charge < -0.3 is 10.1 Å². The summed E-state index contributed by atoms with van der Waals surface area (Å²) in [5, 5.41) is 5.02. The predicted octanol–water partition coefficient (Wildman–Crippen LogP) is 4.78. The number of aromatic nitrogens is 3. The van der Waals surface area contributed by atoms with Crippen molar-refractivity contribution in [3.05, 3.63) is 47.8 Å². The Morgan fingerprint density at radius 2 is 2.03 bits per heavy atom. The van der Waals surface area contributed by atoms with Crippen molar-refractivity contribution in [2.45, 2.75) is 43.2 Å². The number of carbonyl (C=O) groups excluding carboxylic acids is 1. The lowest BCUT2D eigenvalue weighted by Gasteiger charge is -2.10. The van der Waals surface area contributed by atoms with Crippen LogP contribution in [0.1, 0.15) is 30.4 Å². The van der Waals surface area contributed by atoms with Crippen LogP contribution in [0.3, 0.4) is 0 Å². The largest absolute Gasteiger partial charge is 0.376 e. The molecule has 0 bridgehead atoms. The number of fused-ring (bicyclic) bond motifs is 5. The molecule has 33 heavy (non-hydrogen) atoms. The second-order valence-electron chi connectivity index (χ2n) is 8.50. The lowest BCUT2D eigenvalue weighted by atomic mass is 10.0. The summed E-state index contributed by atoms with van der Waals surface area (Å²) in [7, 11) is 0. The SMILES string of the molecule is O=C(CSc1ncnc2c1sc1nc(-c3ccccc3)c3c(c12)CCC3)NC[C@H]1CCCO1. The number of ether oxygens (including phenoxy) is 1. The van der Waals surface area contributed by atoms with E-state index in [0.717, 1.165) is 64.5 Å². The number of nitrogens with one attached hydrogen (secondary N) is 1. The first-order valence-corrected chi connectivity index (χ1v) is 13.2. The second kappa shape index (κ2) is 9.00. The Bertz CT molecular complexity index is 1330. The van der Waals surface area contributed by atoms with Gasteiger partial charge in [0.05, 0.1) is 27.8 Å². The van der Waals surface area contributed by atoms with Gasteiger partial charge in [-0.05, 0) is 43.2 Å². The molecule has 1 atom stereocenters. The van der Waals surface area contributed by atoms with E-state index in [-0.39, 0.29) is 12.0 Å². The lowest BCUT2D eigenvalue weighted by Crippen LogP contribution is -2.32. The number of hydrogen-bond acceptors (Lipinski definition) is 7. The standard InChI is InChI=1S/C25H24N4O2S2/c30-19(26-12-16-8-5-11-31-16)13-32-25-23-22(27-14-28-25)20-17-9-4-10-18(17)21(29-24(20)33-23)15-6-2-1-3-7-15/h1-3,6-7,14,16H,4-5,8-13H2,(H,26,30)/t16-/m1/s1. The number of carbonyl (C=O) groups is 1. The van der Waals surface area contributed by atoms with Gasteiger partial charge in [0.1, 0.15) is 16.2 Å². The van der Waals surface area contributed by atoms with Crippen molar-refractivity contribution in [2.24, 2.45) is 0 Å². The number of benzene rings is 1. The maximum atomic E-state index is 12.4. The van der Waals surface area contributed by atoms with Gasteiger partial charge >= 0.3 is 0 Å². The molecule has 1 saturated heterocycles. The molecule has 1 fully saturated rings. The minimum absolute atomic E-state index is 0.00811. The highest BCUT2D eigenvalue weighted by Crippen LogP contribution is 2.43. The molecular weight excluding hydrogens is 452 g/mol. The fraction of sp³-hybridized carbons (Fsp3) is 0.360. The number of thioether (sulfide) groups is 1. The molecule has 1 aromatic carbocycles. The Balaban J connectivity index is 1.32. The Hall–Kier alpha value is -2.55. The minimum atomic E-state index is 0.00811. The molecule has 2 aliphatic rings. The first kappa shape index (κ1) is 21.0. The summed E-state index contributed by atoms with van der Waals surface area (Å²) in [6.07, 6.45) is 7.11. The Labute approximate surface area is 200 Å². The van der Waals surface area contributed by atoms with Crippen LogP contribution in [-0.4, -0.2) is 45.9 Å². The van der Waals surface area contributed by atoms with Crippen LogP contribution in [0.25, 0.3) is 31.7 Å². The number of thiophene rings is 1. The van der Waals surface area contributed by atoms with Gasteiger partial charge in [-0.15, -0.1) is 11.3 Å². The molecule has 1 amide bonds. The second-order valence-corrected chi connectivity index (χ2v) is 10.5. The van der Waals surface area contributed by atoms with Crippen LogP contribution in [0, 0.1) is 0 Å². The molecule has 168 valence electrons. The lowest BCUT2D eigenvalue weighted by molar-refractivity contribution is -0.119. The molecule has 6 rings (SSSR count). The first-order valence-electron chi connectivity index (χ1n) is 11.4. The molecular formula is C25H24N4O2S2. The monoisotopic (exact) mass is 476 g/mol. The zero-order valence-corrected chi connectivity index (χ0v) is 19.8. The Kier molecular flexibility index (Phi) is 5.73. The Morgan fingerprint density at radius 1 is 1.15 bits per heavy atom. The highest BCUT2D eigenvalue weighted by molar-refractivity contribution is 8.00. The summed E-state index contributed by atoms with van der Waals surface area (Å²) in [6, 6.07) is 10.4. The third-order valence-electron chi connectivity index (χ3n) is 6.38. The highest BCUT2D eigenvalue weighted by Gasteiger charge is 2.25. The van der Waals surface area contributed by atoms with Gasteiger partial charge in [0.15, 0.2) is 0 Å². The molecule has 4 heterocycles. The summed E-state index contributed by atoms with van der Waals surface area (Å²) in [6.45, 7) is 1.38. The first-order chi connectivity index (χ1) is 16.3. The van der Waals surface area contributed by atoms with Crippen molar-refractivity contribution in [3.8, 4) is 11.3 Å². The van der Waals surface area contributed by atoms with Gasteiger partial charge in [-0.3, -0.25) is 4.79 Å². The molecule has 3 aromatic heterocycles. The van der Waals surface area contributed by atoms with Gasteiger partial charge in [-0.1, -0.05) is 42.1 Å². The van der Waals surface area contributed by atoms with E-state index in [2.05, 4.69) is 39.6 Å². The number of nitrogens with zero attached hydrogens (tertiary/aromatic N) is 3. The fourth-order valence-electron chi connectivity index (χ4n) is 4.83. The van der Waals surface area contributed by atoms with Gasteiger partial charge in [-0.25, -0.2) is 15.0 Å². The van der Waals surface area contributed by atoms with Gasteiger partial charge in [0.25, 0.3) is 0 Å². The van der Waals surface area contributed by atoms with E-state index in [1.165, 1.54) is 33.8 Å². The average molecular weight is 477 g/mol. The van der Waals surface area contributed by atoms with Crippen LogP contribution < -0.4 is 5.32 Å². The molecule has 0 unspecified atom stereocenters. The third-order valence-corrected chi connectivity index (χ3v) is 8.58. The molecule has 0 spiro atoms. The topological polar surface area (TPSA) is 77.0 Å². The van der Waals surface area contributed by atoms with Gasteiger partial charge in [0.2, 0.25) is 5.91 Å². The summed E-state index contributed by atoms with van der Waals surface area (Å²) < 4.78 is 6.61. The van der Waals surface area contributed by atoms with Crippen molar-refractivity contribution >= 4 is 49.4 Å². The van der Waals surface area contributed by atoms with Gasteiger partial charge in [-0.2, -0.15) is 0 Å². The van der Waals surface area contributed by atoms with Crippen molar-refractivity contribution in [1.29, 1.82) is 0 Å². The average Bonchev–Trinajstić information content (AvgIpc) is 3.60. The van der Waals surface area contributed by atoms with Crippen LogP contribution in [0.4, 0.5) is 0 Å². The molecule has 0 radical (unpaired) electrons. The molecule has 1 N–H and O–H groups in total. The summed E-state index contributed by atoms with van der Waals surface area (Å²) in [4.78, 5) is 27.7. The van der Waals surface area contributed by atoms with Crippen LogP contribution in [-0.2, 0) is 22.4 Å². The van der Waals surface area contributed by atoms with Crippen molar-refractivity contribution in [2.75, 3.05) is 18.9 Å². The zero-order valence-electron chi connectivity index (χ0n) is 18.2. The van der Waals surface area contributed by atoms with E-state index in [4.69, 9.17) is 9.72 Å². The van der Waals surface area contributed by atoms with Crippen molar-refractivity contribution < 1.29 is 9.53 Å². The maximum Gasteiger partial charge on any atom is 0.230 e. The van der Waals surface area contributed by atoms with E-state index in [0.29, 0.717) is 12.3 Å². The summed E-state index contributed by atoms with van der Waals surface area (Å²) >= 11 is 3.11. The van der Waals surface area contributed by atoms with Crippen LogP contribution in [0.2, 0.25) is 0 Å². The van der Waals surface area contributed by atoms with E-state index >= 15 is 0 Å². The smallest absolute Gasteiger partial charge is 0.230 e. The zero-order chi connectivity index (χ0) is 22.2. The van der Waals surface area contributed by atoms with E-state index < -0.39 is 0 Å². The molecule has 8 heteroatoms. The highest BCUT2D eigenvalue weighted by atomic mass is 32.2. The normalized spacial score (nSPS) is 17.6. The van der Waals surface area contributed by atoms with E-state index in [9.17, 15) is 4.79 Å². The summed E-state index contributed by atoms with van der Waals surface area (Å²) in [5.74, 6) is 0.335. The molecule has 1 aliphatic carbocycles. The molecule has 4 aromatic rings. The fourth-order valence-corrected chi connectivity index (χ4v) is 6.90. The van der Waals surface area contributed by atoms with E-state index in [1.807, 2.05) is 6.07 Å². The number of aryl methyl sites for hydroxylation is 1. The molecule has 0 saturated carbocycles. The van der Waals surface area contributed by atoms with Crippen LogP contribution in [0.5, 0.6) is 0 Å². The third kappa shape index (κ3) is 4.00. The van der Waals surface area contributed by atoms with Crippen molar-refractivity contribution in [1.82, 2.24) is 20.3 Å².